The van der Waals surface area contributed by atoms with Crippen LogP contribution in [0, 0.1) is 5.82 Å². The van der Waals surface area contributed by atoms with E-state index in [-0.39, 0.29) is 17.0 Å². The Morgan fingerprint density at radius 2 is 1.88 bits per heavy atom. The number of alkyl halides is 3. The van der Waals surface area contributed by atoms with E-state index in [1.165, 1.54) is 30.6 Å². The molecule has 0 aromatic carbocycles. The molecule has 0 bridgehead atoms. The molecule has 5 nitrogen and oxygen atoms in total. The molecule has 3 aromatic rings. The lowest BCUT2D eigenvalue weighted by atomic mass is 10.1. The molecule has 0 saturated carbocycles. The molecule has 0 spiro atoms. The van der Waals surface area contributed by atoms with Crippen LogP contribution in [-0.2, 0) is 6.18 Å². The minimum absolute atomic E-state index is 0.0426. The monoisotopic (exact) mass is 362 g/mol. The number of halogens is 4. The summed E-state index contributed by atoms with van der Waals surface area (Å²) in [7, 11) is 0. The van der Waals surface area contributed by atoms with Gasteiger partial charge >= 0.3 is 6.18 Å². The smallest absolute Gasteiger partial charge is 0.319 e. The molecular weight excluding hydrogens is 352 g/mol. The average Bonchev–Trinajstić information content (AvgIpc) is 2.62. The Kier molecular flexibility index (Phi) is 4.61. The van der Waals surface area contributed by atoms with Gasteiger partial charge in [0, 0.05) is 18.0 Å². The van der Waals surface area contributed by atoms with Crippen molar-refractivity contribution in [3.63, 3.8) is 0 Å². The second kappa shape index (κ2) is 6.87. The van der Waals surface area contributed by atoms with E-state index < -0.39 is 29.3 Å². The van der Waals surface area contributed by atoms with Crippen LogP contribution >= 0.6 is 0 Å². The molecule has 9 heteroatoms. The normalized spacial score (nSPS) is 11.2. The van der Waals surface area contributed by atoms with Crippen molar-refractivity contribution in [3.8, 4) is 11.3 Å². The predicted octanol–water partition coefficient (Wildman–Crippen LogP) is 3.95. The first kappa shape index (κ1) is 17.5. The summed E-state index contributed by atoms with van der Waals surface area (Å²) in [4.78, 5) is 23.0. The van der Waals surface area contributed by atoms with E-state index in [2.05, 4.69) is 20.3 Å². The Labute approximate surface area is 144 Å². The minimum Gasteiger partial charge on any atom is -0.319 e. The molecule has 0 aliphatic carbocycles. The molecule has 132 valence electrons. The maximum Gasteiger partial charge on any atom is 0.435 e. The van der Waals surface area contributed by atoms with Gasteiger partial charge in [0.15, 0.2) is 5.69 Å². The largest absolute Gasteiger partial charge is 0.435 e. The maximum absolute atomic E-state index is 13.4. The summed E-state index contributed by atoms with van der Waals surface area (Å²) in [5.74, 6) is -1.51. The molecule has 0 atom stereocenters. The quantitative estimate of drug-likeness (QED) is 0.717. The lowest BCUT2D eigenvalue weighted by Gasteiger charge is -2.14. The molecule has 1 N–H and O–H groups in total. The molecule has 0 fully saturated rings. The summed E-state index contributed by atoms with van der Waals surface area (Å²) in [6.45, 7) is 0. The van der Waals surface area contributed by atoms with Crippen LogP contribution in [0.5, 0.6) is 0 Å². The van der Waals surface area contributed by atoms with Crippen LogP contribution in [0.3, 0.4) is 0 Å². The number of anilines is 1. The zero-order valence-corrected chi connectivity index (χ0v) is 13.0. The molecular formula is C17H10F4N4O. The first-order valence-corrected chi connectivity index (χ1v) is 7.26. The summed E-state index contributed by atoms with van der Waals surface area (Å²) in [6, 6.07) is 7.77. The lowest BCUT2D eigenvalue weighted by Crippen LogP contribution is -2.19. The van der Waals surface area contributed by atoms with Gasteiger partial charge in [0.05, 0.1) is 17.6 Å². The molecule has 0 unspecified atom stereocenters. The van der Waals surface area contributed by atoms with Gasteiger partial charge in [-0.2, -0.15) is 13.2 Å². The molecule has 3 aromatic heterocycles. The number of nitrogens with zero attached hydrogens (tertiary/aromatic N) is 3. The minimum atomic E-state index is -4.83. The van der Waals surface area contributed by atoms with E-state index in [0.717, 1.165) is 18.3 Å². The number of carbonyl (C=O) groups excluding carboxylic acids is 1. The van der Waals surface area contributed by atoms with Gasteiger partial charge < -0.3 is 5.32 Å². The Morgan fingerprint density at radius 3 is 2.54 bits per heavy atom. The molecule has 3 heterocycles. The van der Waals surface area contributed by atoms with Crippen LogP contribution in [0.4, 0.5) is 23.2 Å². The van der Waals surface area contributed by atoms with Gasteiger partial charge in [0.2, 0.25) is 0 Å². The number of rotatable bonds is 3. The van der Waals surface area contributed by atoms with Gasteiger partial charge in [0.1, 0.15) is 11.5 Å². The van der Waals surface area contributed by atoms with Gasteiger partial charge in [-0.1, -0.05) is 6.07 Å². The Hall–Kier alpha value is -3.36. The molecule has 0 saturated heterocycles. The molecule has 1 amide bonds. The van der Waals surface area contributed by atoms with Crippen molar-refractivity contribution in [3.05, 3.63) is 72.2 Å². The van der Waals surface area contributed by atoms with E-state index in [4.69, 9.17) is 0 Å². The van der Waals surface area contributed by atoms with Crippen LogP contribution < -0.4 is 5.32 Å². The number of pyridine rings is 3. The summed E-state index contributed by atoms with van der Waals surface area (Å²) >= 11 is 0. The first-order chi connectivity index (χ1) is 12.3. The van der Waals surface area contributed by atoms with Crippen LogP contribution in [0.15, 0.2) is 55.0 Å². The highest BCUT2D eigenvalue weighted by atomic mass is 19.4. The maximum atomic E-state index is 13.4. The first-order valence-electron chi connectivity index (χ1n) is 7.26. The predicted molar refractivity (Wildman–Crippen MR) is 84.6 cm³/mol. The van der Waals surface area contributed by atoms with E-state index in [1.807, 2.05) is 0 Å². The lowest BCUT2D eigenvalue weighted by molar-refractivity contribution is -0.140. The van der Waals surface area contributed by atoms with Gasteiger partial charge in [-0.05, 0) is 30.3 Å². The van der Waals surface area contributed by atoms with Crippen LogP contribution in [0.1, 0.15) is 16.2 Å². The van der Waals surface area contributed by atoms with Gasteiger partial charge in [-0.3, -0.25) is 14.8 Å². The molecule has 3 rings (SSSR count). The summed E-state index contributed by atoms with van der Waals surface area (Å²) in [5, 5.41) is 2.15. The number of hydrogen-bond acceptors (Lipinski definition) is 4. The number of aromatic nitrogens is 3. The fourth-order valence-electron chi connectivity index (χ4n) is 2.17. The van der Waals surface area contributed by atoms with E-state index in [9.17, 15) is 22.4 Å². The highest BCUT2D eigenvalue weighted by Gasteiger charge is 2.36. The topological polar surface area (TPSA) is 67.8 Å². The second-order valence-corrected chi connectivity index (χ2v) is 5.15. The van der Waals surface area contributed by atoms with Crippen LogP contribution in [0.2, 0.25) is 0 Å². The summed E-state index contributed by atoms with van der Waals surface area (Å²) in [6.07, 6.45) is -1.37. The molecule has 0 radical (unpaired) electrons. The second-order valence-electron chi connectivity index (χ2n) is 5.15. The van der Waals surface area contributed by atoms with Crippen molar-refractivity contribution >= 4 is 11.6 Å². The van der Waals surface area contributed by atoms with Crippen molar-refractivity contribution in [2.75, 3.05) is 5.32 Å². The standard InChI is InChI=1S/C17H10F4N4O/c18-11-7-10(8-22-9-11)12-4-5-13(15(24-12)17(19,20)21)25-16(26)14-3-1-2-6-23-14/h1-9H,(H,25,26). The Bertz CT molecular complexity index is 945. The SMILES string of the molecule is O=C(Nc1ccc(-c2cncc(F)c2)nc1C(F)(F)F)c1ccccn1. The highest BCUT2D eigenvalue weighted by molar-refractivity contribution is 6.03. The van der Waals surface area contributed by atoms with E-state index >= 15 is 0 Å². The number of nitrogens with one attached hydrogen (secondary N) is 1. The third-order valence-corrected chi connectivity index (χ3v) is 3.31. The van der Waals surface area contributed by atoms with Crippen molar-refractivity contribution < 1.29 is 22.4 Å². The van der Waals surface area contributed by atoms with E-state index in [1.54, 1.807) is 6.07 Å². The summed E-state index contributed by atoms with van der Waals surface area (Å²) in [5.41, 5.74) is -1.91. The number of hydrogen-bond donors (Lipinski definition) is 1. The fraction of sp³-hybridized carbons (Fsp3) is 0.0588. The summed E-state index contributed by atoms with van der Waals surface area (Å²) < 4.78 is 53.3. The molecule has 26 heavy (non-hydrogen) atoms. The zero-order valence-electron chi connectivity index (χ0n) is 13.0. The van der Waals surface area contributed by atoms with Gasteiger partial charge in [-0.25, -0.2) is 9.37 Å². The van der Waals surface area contributed by atoms with Crippen molar-refractivity contribution in [2.45, 2.75) is 6.18 Å². The van der Waals surface area contributed by atoms with E-state index in [0.29, 0.717) is 0 Å². The van der Waals surface area contributed by atoms with Crippen molar-refractivity contribution in [1.82, 2.24) is 15.0 Å². The number of amides is 1. The third kappa shape index (κ3) is 3.82. The van der Waals surface area contributed by atoms with Crippen molar-refractivity contribution in [1.29, 1.82) is 0 Å². The van der Waals surface area contributed by atoms with Crippen LogP contribution in [0.25, 0.3) is 11.3 Å². The zero-order chi connectivity index (χ0) is 18.7. The Balaban J connectivity index is 1.99. The van der Waals surface area contributed by atoms with Crippen molar-refractivity contribution in [2.24, 2.45) is 0 Å². The third-order valence-electron chi connectivity index (χ3n) is 3.31. The highest BCUT2D eigenvalue weighted by Crippen LogP contribution is 2.35. The van der Waals surface area contributed by atoms with Crippen LogP contribution in [-0.4, -0.2) is 20.9 Å². The number of carbonyl (C=O) groups is 1. The molecule has 0 aliphatic heterocycles. The Morgan fingerprint density at radius 1 is 1.08 bits per heavy atom. The molecule has 0 aliphatic rings. The average molecular weight is 362 g/mol. The fourth-order valence-corrected chi connectivity index (χ4v) is 2.17. The van der Waals surface area contributed by atoms with Gasteiger partial charge in [0.25, 0.3) is 5.91 Å². The van der Waals surface area contributed by atoms with Gasteiger partial charge in [-0.15, -0.1) is 0 Å².